The molecule has 5 heteroatoms. The molecule has 1 amide bonds. The van der Waals surface area contributed by atoms with Gasteiger partial charge in [0.2, 0.25) is 0 Å². The van der Waals surface area contributed by atoms with Crippen LogP contribution in [0.5, 0.6) is 0 Å². The molecule has 1 aliphatic heterocycles. The zero-order valence-corrected chi connectivity index (χ0v) is 11.8. The lowest BCUT2D eigenvalue weighted by Crippen LogP contribution is -2.53. The summed E-state index contributed by atoms with van der Waals surface area (Å²) in [4.78, 5) is 24.8. The lowest BCUT2D eigenvalue weighted by atomic mass is 9.81. The Hall–Kier alpha value is -1.26. The lowest BCUT2D eigenvalue weighted by Gasteiger charge is -2.41. The van der Waals surface area contributed by atoms with Gasteiger partial charge in [-0.3, -0.25) is 4.79 Å². The van der Waals surface area contributed by atoms with Crippen molar-refractivity contribution >= 4 is 12.1 Å². The summed E-state index contributed by atoms with van der Waals surface area (Å²) in [6, 6.07) is -0.332. The second-order valence-corrected chi connectivity index (χ2v) is 6.04. The molecule has 0 radical (unpaired) electrons. The second-order valence-electron chi connectivity index (χ2n) is 6.04. The number of carbonyl (C=O) groups is 2. The third kappa shape index (κ3) is 3.37. The van der Waals surface area contributed by atoms with Gasteiger partial charge in [0.25, 0.3) is 0 Å². The molecule has 1 heterocycles. The quantitative estimate of drug-likeness (QED) is 0.783. The average Bonchev–Trinajstić information content (AvgIpc) is 2.13. The molecule has 18 heavy (non-hydrogen) atoms. The van der Waals surface area contributed by atoms with Gasteiger partial charge in [0.1, 0.15) is 5.60 Å². The molecule has 5 nitrogen and oxygen atoms in total. The first-order valence-electron chi connectivity index (χ1n) is 6.36. The van der Waals surface area contributed by atoms with Gasteiger partial charge < -0.3 is 14.7 Å². The summed E-state index contributed by atoms with van der Waals surface area (Å²) in [5, 5.41) is 9.23. The third-order valence-electron chi connectivity index (χ3n) is 3.36. The largest absolute Gasteiger partial charge is 0.481 e. The van der Waals surface area contributed by atoms with E-state index in [1.165, 1.54) is 4.90 Å². The smallest absolute Gasteiger partial charge is 0.410 e. The zero-order valence-electron chi connectivity index (χ0n) is 11.8. The van der Waals surface area contributed by atoms with Crippen molar-refractivity contribution in [3.8, 4) is 0 Å². The van der Waals surface area contributed by atoms with Gasteiger partial charge in [-0.05, 0) is 40.0 Å². The second kappa shape index (κ2) is 5.16. The molecular weight excluding hydrogens is 234 g/mol. The predicted molar refractivity (Wildman–Crippen MR) is 67.3 cm³/mol. The molecule has 1 N–H and O–H groups in total. The molecule has 0 saturated carbocycles. The van der Waals surface area contributed by atoms with Gasteiger partial charge in [-0.25, -0.2) is 4.79 Å². The van der Waals surface area contributed by atoms with Crippen LogP contribution in [-0.2, 0) is 9.53 Å². The Balaban J connectivity index is 2.79. The van der Waals surface area contributed by atoms with Crippen molar-refractivity contribution in [1.29, 1.82) is 0 Å². The van der Waals surface area contributed by atoms with Crippen LogP contribution in [0.1, 0.15) is 41.0 Å². The summed E-state index contributed by atoms with van der Waals surface area (Å²) >= 11 is 0. The van der Waals surface area contributed by atoms with Gasteiger partial charge in [-0.15, -0.1) is 0 Å². The summed E-state index contributed by atoms with van der Waals surface area (Å²) in [6.07, 6.45) is 0.272. The maximum Gasteiger partial charge on any atom is 0.410 e. The predicted octanol–water partition coefficient (Wildman–Crippen LogP) is 2.35. The van der Waals surface area contributed by atoms with E-state index in [2.05, 4.69) is 0 Å². The summed E-state index contributed by atoms with van der Waals surface area (Å²) in [5.74, 6) is -1.29. The Labute approximate surface area is 108 Å². The van der Waals surface area contributed by atoms with Gasteiger partial charge in [0.15, 0.2) is 0 Å². The van der Waals surface area contributed by atoms with E-state index in [9.17, 15) is 14.7 Å². The molecule has 0 aliphatic carbocycles. The highest BCUT2D eigenvalue weighted by molar-refractivity contribution is 5.74. The number of hydrogen-bond donors (Lipinski definition) is 1. The molecule has 1 saturated heterocycles. The van der Waals surface area contributed by atoms with Crippen molar-refractivity contribution < 1.29 is 19.4 Å². The number of carboxylic acid groups (broad SMARTS) is 1. The Morgan fingerprint density at radius 1 is 1.28 bits per heavy atom. The number of rotatable bonds is 1. The minimum atomic E-state index is -0.844. The molecule has 1 fully saturated rings. The van der Waals surface area contributed by atoms with Crippen LogP contribution < -0.4 is 0 Å². The van der Waals surface area contributed by atoms with Crippen LogP contribution in [0, 0.1) is 11.8 Å². The molecule has 0 aromatic rings. The van der Waals surface area contributed by atoms with Crippen LogP contribution in [0.25, 0.3) is 0 Å². The van der Waals surface area contributed by atoms with Crippen molar-refractivity contribution in [2.24, 2.45) is 11.8 Å². The number of amides is 1. The minimum absolute atomic E-state index is 0.0798. The fraction of sp³-hybridized carbons (Fsp3) is 0.846. The number of likely N-dealkylation sites (tertiary alicyclic amines) is 1. The number of hydrogen-bond acceptors (Lipinski definition) is 3. The van der Waals surface area contributed by atoms with Crippen LogP contribution in [0.2, 0.25) is 0 Å². The van der Waals surface area contributed by atoms with E-state index in [4.69, 9.17) is 4.74 Å². The molecular formula is C13H23NO4. The van der Waals surface area contributed by atoms with Crippen molar-refractivity contribution in [2.75, 3.05) is 6.54 Å². The van der Waals surface area contributed by atoms with Crippen molar-refractivity contribution in [3.05, 3.63) is 0 Å². The van der Waals surface area contributed by atoms with Crippen molar-refractivity contribution in [3.63, 3.8) is 0 Å². The van der Waals surface area contributed by atoms with Crippen molar-refractivity contribution in [1.82, 2.24) is 4.90 Å². The van der Waals surface area contributed by atoms with E-state index in [0.717, 1.165) is 0 Å². The Morgan fingerprint density at radius 2 is 1.83 bits per heavy atom. The van der Waals surface area contributed by atoms with E-state index in [1.807, 2.05) is 6.92 Å². The minimum Gasteiger partial charge on any atom is -0.481 e. The molecule has 104 valence electrons. The summed E-state index contributed by atoms with van der Waals surface area (Å²) in [6.45, 7) is 9.66. The van der Waals surface area contributed by atoms with Gasteiger partial charge in [0, 0.05) is 12.6 Å². The molecule has 1 aliphatic rings. The number of carboxylic acids is 1. The number of aliphatic carboxylic acids is 1. The topological polar surface area (TPSA) is 66.8 Å². The van der Waals surface area contributed by atoms with E-state index < -0.39 is 23.6 Å². The van der Waals surface area contributed by atoms with E-state index in [1.54, 1.807) is 27.7 Å². The molecule has 0 spiro atoms. The van der Waals surface area contributed by atoms with Crippen LogP contribution in [0.15, 0.2) is 0 Å². The van der Waals surface area contributed by atoms with Gasteiger partial charge >= 0.3 is 12.1 Å². The molecule has 3 atom stereocenters. The van der Waals surface area contributed by atoms with Crippen LogP contribution in [-0.4, -0.2) is 40.3 Å². The van der Waals surface area contributed by atoms with Crippen LogP contribution in [0.3, 0.4) is 0 Å². The molecule has 1 unspecified atom stereocenters. The summed E-state index contributed by atoms with van der Waals surface area (Å²) in [7, 11) is 0. The monoisotopic (exact) mass is 257 g/mol. The first kappa shape index (κ1) is 14.8. The summed E-state index contributed by atoms with van der Waals surface area (Å²) < 4.78 is 5.30. The number of ether oxygens (including phenoxy) is 1. The molecule has 1 rings (SSSR count). The molecule has 0 aromatic carbocycles. The summed E-state index contributed by atoms with van der Waals surface area (Å²) in [5.41, 5.74) is -0.557. The van der Waals surface area contributed by atoms with Gasteiger partial charge in [-0.1, -0.05) is 6.92 Å². The van der Waals surface area contributed by atoms with Gasteiger partial charge in [-0.2, -0.15) is 0 Å². The highest BCUT2D eigenvalue weighted by Crippen LogP contribution is 2.30. The van der Waals surface area contributed by atoms with E-state index in [0.29, 0.717) is 13.0 Å². The molecule has 0 aromatic heterocycles. The average molecular weight is 257 g/mol. The van der Waals surface area contributed by atoms with E-state index in [-0.39, 0.29) is 12.0 Å². The Morgan fingerprint density at radius 3 is 2.28 bits per heavy atom. The maximum absolute atomic E-state index is 12.0. The first-order chi connectivity index (χ1) is 8.13. The Bertz CT molecular complexity index is 334. The SMILES string of the molecule is CC1[C@H](C(=O)O)[C@@H](C)CCN1C(=O)OC(C)(C)C. The highest BCUT2D eigenvalue weighted by Gasteiger charge is 2.41. The van der Waals surface area contributed by atoms with Crippen LogP contribution in [0.4, 0.5) is 4.79 Å². The van der Waals surface area contributed by atoms with E-state index >= 15 is 0 Å². The maximum atomic E-state index is 12.0. The standard InChI is InChI=1S/C13H23NO4/c1-8-6-7-14(9(2)10(8)11(15)16)12(17)18-13(3,4)5/h8-10H,6-7H2,1-5H3,(H,15,16)/t8-,9?,10+/m0/s1. The molecule has 0 bridgehead atoms. The fourth-order valence-electron chi connectivity index (χ4n) is 2.42. The fourth-order valence-corrected chi connectivity index (χ4v) is 2.42. The third-order valence-corrected chi connectivity index (χ3v) is 3.36. The first-order valence-corrected chi connectivity index (χ1v) is 6.36. The lowest BCUT2D eigenvalue weighted by molar-refractivity contribution is -0.147. The van der Waals surface area contributed by atoms with Crippen LogP contribution >= 0.6 is 0 Å². The van der Waals surface area contributed by atoms with Gasteiger partial charge in [0.05, 0.1) is 5.92 Å². The zero-order chi connectivity index (χ0) is 14.1. The van der Waals surface area contributed by atoms with Crippen molar-refractivity contribution in [2.45, 2.75) is 52.7 Å². The number of nitrogens with zero attached hydrogens (tertiary/aromatic N) is 1. The number of carbonyl (C=O) groups excluding carboxylic acids is 1. The normalized spacial score (nSPS) is 28.9. The highest BCUT2D eigenvalue weighted by atomic mass is 16.6. The Kier molecular flexibility index (Phi) is 4.24. The number of piperidine rings is 1.